The molecule has 0 radical (unpaired) electrons. The molecule has 0 bridgehead atoms. The van der Waals surface area contributed by atoms with Crippen molar-refractivity contribution in [3.05, 3.63) is 87.4 Å². The van der Waals surface area contributed by atoms with Crippen molar-refractivity contribution in [2.45, 2.75) is 89.4 Å². The number of benzene rings is 2. The third-order valence-electron chi connectivity index (χ3n) is 11.5. The van der Waals surface area contributed by atoms with E-state index in [1.54, 1.807) is 12.0 Å². The second kappa shape index (κ2) is 16.5. The molecule has 4 aromatic rings. The Kier molecular flexibility index (Phi) is 11.7. The van der Waals surface area contributed by atoms with Crippen LogP contribution in [0.5, 0.6) is 17.6 Å². The molecule has 3 aliphatic rings. The highest BCUT2D eigenvalue weighted by molar-refractivity contribution is 6.36. The van der Waals surface area contributed by atoms with Crippen molar-refractivity contribution in [1.82, 2.24) is 25.5 Å². The summed E-state index contributed by atoms with van der Waals surface area (Å²) in [6, 6.07) is 15.1. The minimum absolute atomic E-state index is 0.0407. The van der Waals surface area contributed by atoms with E-state index in [0.717, 1.165) is 40.3 Å². The van der Waals surface area contributed by atoms with E-state index in [0.29, 0.717) is 60.9 Å². The van der Waals surface area contributed by atoms with Crippen LogP contribution in [0.15, 0.2) is 54.6 Å². The van der Waals surface area contributed by atoms with Crippen LogP contribution in [-0.4, -0.2) is 70.7 Å². The lowest BCUT2D eigenvalue weighted by Gasteiger charge is -2.28. The first-order chi connectivity index (χ1) is 27.3. The van der Waals surface area contributed by atoms with Crippen LogP contribution in [0.4, 0.5) is 13.2 Å². The Hall–Kier alpha value is -4.92. The monoisotopic (exact) mass is 807 g/mol. The molecule has 1 amide bonds. The summed E-state index contributed by atoms with van der Waals surface area (Å²) >= 11 is 7.13. The molecule has 2 aromatic carbocycles. The van der Waals surface area contributed by atoms with Crippen LogP contribution in [0.25, 0.3) is 22.4 Å². The molecule has 2 fully saturated rings. The number of amides is 1. The van der Waals surface area contributed by atoms with E-state index < -0.39 is 35.7 Å². The van der Waals surface area contributed by atoms with Crippen molar-refractivity contribution in [3.8, 4) is 40.0 Å². The SMILES string of the molecule is COc1nc(-c2cccc(-c3cccc4c3CC[C@@H]4Oc3nc(OC)c(CN4[C@H](C(=O)O)C[C@H](C)[C@@H]4C)cc3C(F)(F)F)c2Cl)ccc1CNC[C@@H]1CCC(=O)N1. The molecule has 1 aliphatic carbocycles. The van der Waals surface area contributed by atoms with Crippen LogP contribution in [-0.2, 0) is 35.3 Å². The predicted octanol–water partition coefficient (Wildman–Crippen LogP) is 7.62. The van der Waals surface area contributed by atoms with Crippen molar-refractivity contribution < 1.29 is 42.1 Å². The fourth-order valence-corrected chi connectivity index (χ4v) is 8.62. The zero-order valence-corrected chi connectivity index (χ0v) is 32.8. The molecule has 2 aliphatic heterocycles. The van der Waals surface area contributed by atoms with E-state index in [4.69, 9.17) is 30.8 Å². The number of carboxylic acids is 1. The predicted molar refractivity (Wildman–Crippen MR) is 207 cm³/mol. The summed E-state index contributed by atoms with van der Waals surface area (Å²) in [4.78, 5) is 34.3. The number of hydrogen-bond donors (Lipinski definition) is 3. The normalized spacial score (nSPS) is 22.0. The van der Waals surface area contributed by atoms with E-state index in [2.05, 4.69) is 15.6 Å². The number of carbonyl (C=O) groups excluding carboxylic acids is 1. The fraction of sp³-hybridized carbons (Fsp3) is 0.429. The Labute approximate surface area is 333 Å². The standard InChI is InChI=1S/C42H45ClF3N5O6/c1-22-17-34(41(53)54)51(23(22)2)21-25-18-32(42(44,45)46)40(50-39(25)56-4)57-35-15-13-28-27(7-5-8-29(28)35)30-9-6-10-31(37(30)43)33-14-11-24(38(49-33)55-3)19-47-20-26-12-16-36(52)48-26/h5-11,14,18,22-23,26,34-35,47H,12-13,15-17,19-21H2,1-4H3,(H,48,52)(H,53,54)/t22-,23-,26-,34-,35-/m0/s1. The van der Waals surface area contributed by atoms with Crippen molar-refractivity contribution >= 4 is 23.5 Å². The number of ether oxygens (including phenoxy) is 3. The number of carbonyl (C=O) groups is 2. The van der Waals surface area contributed by atoms with Gasteiger partial charge in [0, 0.05) is 60.4 Å². The molecule has 57 heavy (non-hydrogen) atoms. The number of carboxylic acid groups (broad SMARTS) is 1. The second-order valence-corrected chi connectivity index (χ2v) is 15.3. The molecule has 0 unspecified atom stereocenters. The molecule has 5 atom stereocenters. The van der Waals surface area contributed by atoms with Gasteiger partial charge in [0.2, 0.25) is 23.5 Å². The number of methoxy groups -OCH3 is 2. The molecule has 0 spiro atoms. The fourth-order valence-electron chi connectivity index (χ4n) is 8.30. The number of alkyl halides is 3. The Balaban J connectivity index is 1.14. The largest absolute Gasteiger partial charge is 0.481 e. The Morgan fingerprint density at radius 3 is 2.39 bits per heavy atom. The van der Waals surface area contributed by atoms with Crippen molar-refractivity contribution in [3.63, 3.8) is 0 Å². The number of nitrogens with one attached hydrogen (secondary N) is 2. The van der Waals surface area contributed by atoms with E-state index in [-0.39, 0.29) is 41.9 Å². The lowest BCUT2D eigenvalue weighted by molar-refractivity contribution is -0.143. The number of hydrogen-bond acceptors (Lipinski definition) is 9. The first-order valence-electron chi connectivity index (χ1n) is 19.0. The van der Waals surface area contributed by atoms with Gasteiger partial charge in [0.1, 0.15) is 17.7 Å². The van der Waals surface area contributed by atoms with E-state index in [1.165, 1.54) is 7.11 Å². The van der Waals surface area contributed by atoms with Gasteiger partial charge in [0.05, 0.1) is 24.9 Å². The highest BCUT2D eigenvalue weighted by Crippen LogP contribution is 2.46. The molecule has 2 saturated heterocycles. The molecule has 15 heteroatoms. The minimum Gasteiger partial charge on any atom is -0.481 e. The van der Waals surface area contributed by atoms with Gasteiger partial charge < -0.3 is 30.0 Å². The molecular formula is C42H45ClF3N5O6. The second-order valence-electron chi connectivity index (χ2n) is 15.0. The number of aliphatic carboxylic acids is 1. The molecule has 2 aromatic heterocycles. The Morgan fingerprint density at radius 2 is 1.68 bits per heavy atom. The summed E-state index contributed by atoms with van der Waals surface area (Å²) in [5, 5.41) is 16.6. The summed E-state index contributed by atoms with van der Waals surface area (Å²) in [6.45, 7) is 4.85. The van der Waals surface area contributed by atoms with Crippen LogP contribution in [0.2, 0.25) is 5.02 Å². The van der Waals surface area contributed by atoms with Gasteiger partial charge in [-0.3, -0.25) is 14.5 Å². The molecule has 3 N–H and O–H groups in total. The van der Waals surface area contributed by atoms with Crippen LogP contribution in [0.1, 0.15) is 73.5 Å². The maximum absolute atomic E-state index is 14.7. The number of nitrogens with zero attached hydrogens (tertiary/aromatic N) is 3. The van der Waals surface area contributed by atoms with Crippen LogP contribution in [0, 0.1) is 5.92 Å². The van der Waals surface area contributed by atoms with Crippen molar-refractivity contribution in [1.29, 1.82) is 0 Å². The van der Waals surface area contributed by atoms with E-state index >= 15 is 0 Å². The van der Waals surface area contributed by atoms with Gasteiger partial charge in [-0.25, -0.2) is 4.98 Å². The summed E-state index contributed by atoms with van der Waals surface area (Å²) in [5.74, 6) is -1.14. The van der Waals surface area contributed by atoms with Gasteiger partial charge in [0.25, 0.3) is 0 Å². The minimum atomic E-state index is -4.81. The van der Waals surface area contributed by atoms with Gasteiger partial charge in [0.15, 0.2) is 0 Å². The first kappa shape index (κ1) is 40.3. The van der Waals surface area contributed by atoms with Crippen LogP contribution < -0.4 is 24.8 Å². The summed E-state index contributed by atoms with van der Waals surface area (Å²) in [6.07, 6.45) is -2.90. The molecule has 0 saturated carbocycles. The van der Waals surface area contributed by atoms with E-state index in [1.807, 2.05) is 62.4 Å². The molecular weight excluding hydrogens is 763 g/mol. The van der Waals surface area contributed by atoms with Gasteiger partial charge in [-0.15, -0.1) is 0 Å². The van der Waals surface area contributed by atoms with E-state index in [9.17, 15) is 27.9 Å². The number of fused-ring (bicyclic) bond motifs is 1. The van der Waals surface area contributed by atoms with Crippen molar-refractivity contribution in [2.75, 3.05) is 20.8 Å². The number of aromatic nitrogens is 2. The topological polar surface area (TPSA) is 135 Å². The Morgan fingerprint density at radius 1 is 0.965 bits per heavy atom. The van der Waals surface area contributed by atoms with Gasteiger partial charge in [-0.1, -0.05) is 61.0 Å². The summed E-state index contributed by atoms with van der Waals surface area (Å²) in [5.41, 5.74) is 4.41. The van der Waals surface area contributed by atoms with Crippen molar-refractivity contribution in [2.24, 2.45) is 5.92 Å². The number of likely N-dealkylation sites (tertiary alicyclic amines) is 1. The highest BCUT2D eigenvalue weighted by Gasteiger charge is 2.43. The number of pyridine rings is 2. The smallest absolute Gasteiger partial charge is 0.421 e. The summed E-state index contributed by atoms with van der Waals surface area (Å²) in [7, 11) is 2.88. The third kappa shape index (κ3) is 8.26. The maximum atomic E-state index is 14.7. The van der Waals surface area contributed by atoms with Gasteiger partial charge in [-0.05, 0) is 67.3 Å². The number of halogens is 4. The van der Waals surface area contributed by atoms with Gasteiger partial charge in [-0.2, -0.15) is 18.2 Å². The lowest BCUT2D eigenvalue weighted by atomic mass is 9.94. The number of rotatable bonds is 13. The van der Waals surface area contributed by atoms with Crippen LogP contribution in [0.3, 0.4) is 0 Å². The first-order valence-corrected chi connectivity index (χ1v) is 19.4. The highest BCUT2D eigenvalue weighted by atomic mass is 35.5. The van der Waals surface area contributed by atoms with Crippen LogP contribution >= 0.6 is 11.6 Å². The Bertz CT molecular complexity index is 2170. The lowest BCUT2D eigenvalue weighted by Crippen LogP contribution is -2.39. The average Bonchev–Trinajstić information content (AvgIpc) is 3.88. The maximum Gasteiger partial charge on any atom is 0.421 e. The zero-order valence-electron chi connectivity index (χ0n) is 32.1. The van der Waals surface area contributed by atoms with Gasteiger partial charge >= 0.3 is 12.1 Å². The molecule has 302 valence electrons. The molecule has 4 heterocycles. The molecule has 11 nitrogen and oxygen atoms in total. The third-order valence-corrected chi connectivity index (χ3v) is 11.9. The summed E-state index contributed by atoms with van der Waals surface area (Å²) < 4.78 is 61.3. The zero-order chi connectivity index (χ0) is 40.6. The average molecular weight is 808 g/mol. The quantitative estimate of drug-likeness (QED) is 0.124. The molecule has 7 rings (SSSR count).